The van der Waals surface area contributed by atoms with Crippen LogP contribution in [-0.2, 0) is 19.8 Å². The third kappa shape index (κ3) is 4.04. The third-order valence-electron chi connectivity index (χ3n) is 6.31. The Hall–Kier alpha value is -3.22. The second-order valence-electron chi connectivity index (χ2n) is 8.29. The number of hydrogen-bond acceptors (Lipinski definition) is 4. The van der Waals surface area contributed by atoms with Gasteiger partial charge in [-0.2, -0.15) is 0 Å². The van der Waals surface area contributed by atoms with Crippen molar-refractivity contribution in [1.29, 1.82) is 0 Å². The summed E-state index contributed by atoms with van der Waals surface area (Å²) < 4.78 is 14.0. The van der Waals surface area contributed by atoms with Crippen molar-refractivity contribution in [3.63, 3.8) is 0 Å². The van der Waals surface area contributed by atoms with E-state index in [0.29, 0.717) is 31.9 Å². The summed E-state index contributed by atoms with van der Waals surface area (Å²) >= 11 is 0. The molecule has 6 nitrogen and oxygen atoms in total. The Balaban J connectivity index is 1.33. The molecule has 1 unspecified atom stereocenters. The number of piperazine rings is 1. The number of nitrogens with zero attached hydrogens (tertiary/aromatic N) is 3. The van der Waals surface area contributed by atoms with Crippen molar-refractivity contribution in [3.05, 3.63) is 66.0 Å². The highest BCUT2D eigenvalue weighted by atomic mass is 19.1. The van der Waals surface area contributed by atoms with E-state index in [2.05, 4.69) is 0 Å². The maximum Gasteiger partial charge on any atom is 0.240 e. The number of halogens is 1. The number of carbonyl (C=O) groups excluding carboxylic acids is 3. The lowest BCUT2D eigenvalue weighted by Crippen LogP contribution is -2.49. The molecule has 0 bridgehead atoms. The van der Waals surface area contributed by atoms with Gasteiger partial charge < -0.3 is 9.80 Å². The summed E-state index contributed by atoms with van der Waals surface area (Å²) in [5.41, 5.74) is 0.474. The highest BCUT2D eigenvalue weighted by Crippen LogP contribution is 2.36. The van der Waals surface area contributed by atoms with Gasteiger partial charge in [0, 0.05) is 45.6 Å². The number of hydrogen-bond donors (Lipinski definition) is 0. The SMILES string of the molecule is CC1(c2ccccc2)CC(=O)N(CCC(=O)N2CCN(c3ccccc3F)CC2)C1=O. The smallest absolute Gasteiger partial charge is 0.240 e. The van der Waals surface area contributed by atoms with Crippen LogP contribution in [-0.4, -0.2) is 60.2 Å². The molecule has 3 amide bonds. The fraction of sp³-hybridized carbons (Fsp3) is 0.375. The molecular weight excluding hydrogens is 397 g/mol. The summed E-state index contributed by atoms with van der Waals surface area (Å²) in [6.07, 6.45) is 0.216. The molecule has 0 aromatic heterocycles. The molecule has 2 heterocycles. The van der Waals surface area contributed by atoms with Gasteiger partial charge >= 0.3 is 0 Å². The van der Waals surface area contributed by atoms with E-state index in [1.165, 1.54) is 11.0 Å². The predicted molar refractivity (Wildman–Crippen MR) is 115 cm³/mol. The van der Waals surface area contributed by atoms with Crippen LogP contribution in [0.25, 0.3) is 0 Å². The van der Waals surface area contributed by atoms with Gasteiger partial charge in [0.2, 0.25) is 17.7 Å². The van der Waals surface area contributed by atoms with Crippen molar-refractivity contribution in [2.24, 2.45) is 0 Å². The standard InChI is InChI=1S/C24H26FN3O3/c1-24(18-7-3-2-4-8-18)17-22(30)28(23(24)31)12-11-21(29)27-15-13-26(14-16-27)20-10-6-5-9-19(20)25/h2-10H,11-17H2,1H3. The molecule has 7 heteroatoms. The Kier molecular flexibility index (Phi) is 5.76. The molecule has 1 atom stereocenters. The summed E-state index contributed by atoms with van der Waals surface area (Å²) in [4.78, 5) is 43.1. The van der Waals surface area contributed by atoms with Crippen LogP contribution in [0.3, 0.4) is 0 Å². The first-order valence-corrected chi connectivity index (χ1v) is 10.6. The van der Waals surface area contributed by atoms with E-state index >= 15 is 0 Å². The van der Waals surface area contributed by atoms with Gasteiger partial charge in [-0.25, -0.2) is 4.39 Å². The molecule has 0 aliphatic carbocycles. The van der Waals surface area contributed by atoms with Crippen LogP contribution in [0.15, 0.2) is 54.6 Å². The topological polar surface area (TPSA) is 60.9 Å². The van der Waals surface area contributed by atoms with Crippen LogP contribution in [0.4, 0.5) is 10.1 Å². The quantitative estimate of drug-likeness (QED) is 0.694. The van der Waals surface area contributed by atoms with E-state index in [-0.39, 0.29) is 42.9 Å². The normalized spacial score (nSPS) is 21.7. The molecule has 162 valence electrons. The van der Waals surface area contributed by atoms with E-state index in [1.807, 2.05) is 35.2 Å². The zero-order chi connectivity index (χ0) is 22.0. The average Bonchev–Trinajstić information content (AvgIpc) is 3.02. The number of rotatable bonds is 5. The second kappa shape index (κ2) is 8.49. The molecule has 2 fully saturated rings. The molecule has 2 aromatic carbocycles. The third-order valence-corrected chi connectivity index (χ3v) is 6.31. The van der Waals surface area contributed by atoms with Gasteiger partial charge in [-0.3, -0.25) is 19.3 Å². The van der Waals surface area contributed by atoms with Gasteiger partial charge in [0.15, 0.2) is 0 Å². The van der Waals surface area contributed by atoms with Gasteiger partial charge in [0.05, 0.1) is 11.1 Å². The summed E-state index contributed by atoms with van der Waals surface area (Å²) in [6.45, 7) is 3.92. The lowest BCUT2D eigenvalue weighted by Gasteiger charge is -2.36. The Morgan fingerprint density at radius 1 is 0.968 bits per heavy atom. The van der Waals surface area contributed by atoms with Crippen LogP contribution >= 0.6 is 0 Å². The summed E-state index contributed by atoms with van der Waals surface area (Å²) in [5, 5.41) is 0. The van der Waals surface area contributed by atoms with Crippen LogP contribution in [0, 0.1) is 5.82 Å². The molecule has 2 aromatic rings. The largest absolute Gasteiger partial charge is 0.366 e. The van der Waals surface area contributed by atoms with Crippen molar-refractivity contribution < 1.29 is 18.8 Å². The zero-order valence-electron chi connectivity index (χ0n) is 17.6. The van der Waals surface area contributed by atoms with Gasteiger partial charge in [0.1, 0.15) is 5.82 Å². The van der Waals surface area contributed by atoms with Crippen molar-refractivity contribution in [1.82, 2.24) is 9.80 Å². The maximum atomic E-state index is 14.0. The van der Waals surface area contributed by atoms with E-state index in [4.69, 9.17) is 0 Å². The fourth-order valence-electron chi connectivity index (χ4n) is 4.41. The molecule has 0 radical (unpaired) electrons. The summed E-state index contributed by atoms with van der Waals surface area (Å²) in [7, 11) is 0. The Morgan fingerprint density at radius 3 is 2.29 bits per heavy atom. The lowest BCUT2D eigenvalue weighted by atomic mass is 9.81. The lowest BCUT2D eigenvalue weighted by molar-refractivity contribution is -0.140. The number of para-hydroxylation sites is 1. The van der Waals surface area contributed by atoms with Crippen LogP contribution in [0.5, 0.6) is 0 Å². The minimum atomic E-state index is -0.882. The fourth-order valence-corrected chi connectivity index (χ4v) is 4.41. The van der Waals surface area contributed by atoms with Gasteiger partial charge in [-0.1, -0.05) is 42.5 Å². The van der Waals surface area contributed by atoms with E-state index in [0.717, 1.165) is 5.56 Å². The maximum absolute atomic E-state index is 14.0. The van der Waals surface area contributed by atoms with Gasteiger partial charge in [-0.15, -0.1) is 0 Å². The van der Waals surface area contributed by atoms with Crippen LogP contribution < -0.4 is 4.90 Å². The number of likely N-dealkylation sites (tertiary alicyclic amines) is 1. The zero-order valence-corrected chi connectivity index (χ0v) is 17.6. The first-order valence-electron chi connectivity index (χ1n) is 10.6. The molecule has 0 N–H and O–H groups in total. The van der Waals surface area contributed by atoms with Crippen molar-refractivity contribution >= 4 is 23.4 Å². The van der Waals surface area contributed by atoms with Crippen molar-refractivity contribution in [3.8, 4) is 0 Å². The molecular formula is C24H26FN3O3. The highest BCUT2D eigenvalue weighted by Gasteiger charge is 2.49. The molecule has 2 aliphatic rings. The predicted octanol–water partition coefficient (Wildman–Crippen LogP) is 2.58. The highest BCUT2D eigenvalue weighted by molar-refractivity contribution is 6.09. The first-order chi connectivity index (χ1) is 14.9. The van der Waals surface area contributed by atoms with E-state index < -0.39 is 5.41 Å². The monoisotopic (exact) mass is 423 g/mol. The average molecular weight is 423 g/mol. The molecule has 2 aliphatic heterocycles. The Labute approximate surface area is 181 Å². The number of amides is 3. The molecule has 31 heavy (non-hydrogen) atoms. The molecule has 2 saturated heterocycles. The number of anilines is 1. The van der Waals surface area contributed by atoms with Crippen LogP contribution in [0.2, 0.25) is 0 Å². The van der Waals surface area contributed by atoms with E-state index in [1.54, 1.807) is 30.0 Å². The molecule has 4 rings (SSSR count). The van der Waals surface area contributed by atoms with Crippen LogP contribution in [0.1, 0.15) is 25.3 Å². The van der Waals surface area contributed by atoms with Crippen molar-refractivity contribution in [2.75, 3.05) is 37.6 Å². The van der Waals surface area contributed by atoms with E-state index in [9.17, 15) is 18.8 Å². The Morgan fingerprint density at radius 2 is 1.61 bits per heavy atom. The van der Waals surface area contributed by atoms with Gasteiger partial charge in [0.25, 0.3) is 0 Å². The minimum Gasteiger partial charge on any atom is -0.366 e. The first kappa shape index (κ1) is 21.0. The molecule has 0 spiro atoms. The summed E-state index contributed by atoms with van der Waals surface area (Å²) in [6, 6.07) is 15.9. The van der Waals surface area contributed by atoms with Crippen molar-refractivity contribution in [2.45, 2.75) is 25.2 Å². The minimum absolute atomic E-state index is 0.0897. The number of imide groups is 1. The number of benzene rings is 2. The summed E-state index contributed by atoms with van der Waals surface area (Å²) in [5.74, 6) is -0.855. The Bertz CT molecular complexity index is 989. The number of carbonyl (C=O) groups is 3. The molecule has 0 saturated carbocycles. The second-order valence-corrected chi connectivity index (χ2v) is 8.29. The van der Waals surface area contributed by atoms with Gasteiger partial charge in [-0.05, 0) is 24.6 Å².